The standard InChI is InChI=1S/C25H30Br2N4O/c1-2-3-6-10-28-17-23(18-13-19(26)15-20(27)14-18)29-11-7-12-30-25-16-24(32)21-8-4-5-9-22(21)31-25/h2,4-5,8-9,13-16,23,28-29H,1,3,6-7,10-12,17H2,(H2,30,31,32). The largest absolute Gasteiger partial charge is 0.371 e. The van der Waals surface area contributed by atoms with E-state index in [0.29, 0.717) is 5.39 Å². The van der Waals surface area contributed by atoms with Gasteiger partial charge >= 0.3 is 0 Å². The van der Waals surface area contributed by atoms with Gasteiger partial charge in [-0.3, -0.25) is 4.79 Å². The molecule has 0 aliphatic rings. The van der Waals surface area contributed by atoms with E-state index in [9.17, 15) is 4.79 Å². The lowest BCUT2D eigenvalue weighted by Crippen LogP contribution is -2.33. The minimum absolute atomic E-state index is 0.0304. The molecule has 0 aliphatic heterocycles. The second-order valence-electron chi connectivity index (χ2n) is 7.72. The Bertz CT molecular complexity index is 1060. The average Bonchev–Trinajstić information content (AvgIpc) is 2.76. The third-order valence-corrected chi connectivity index (χ3v) is 6.11. The van der Waals surface area contributed by atoms with E-state index in [2.05, 4.69) is 71.5 Å². The molecule has 4 N–H and O–H groups in total. The Labute approximate surface area is 206 Å². The number of unbranched alkanes of at least 4 members (excludes halogenated alkanes) is 1. The van der Waals surface area contributed by atoms with Gasteiger partial charge in [-0.1, -0.05) is 50.1 Å². The van der Waals surface area contributed by atoms with Crippen LogP contribution in [-0.4, -0.2) is 31.2 Å². The summed E-state index contributed by atoms with van der Waals surface area (Å²) < 4.78 is 2.12. The fourth-order valence-corrected chi connectivity index (χ4v) is 4.91. The van der Waals surface area contributed by atoms with Crippen LogP contribution in [0.1, 0.15) is 30.9 Å². The first-order valence-electron chi connectivity index (χ1n) is 10.9. The third-order valence-electron chi connectivity index (χ3n) is 5.19. The van der Waals surface area contributed by atoms with Crippen LogP contribution in [0.15, 0.2) is 74.9 Å². The summed E-state index contributed by atoms with van der Waals surface area (Å²) in [5, 5.41) is 11.3. The SMILES string of the molecule is C=CCCCNCC(NCCCNc1cc(=O)c2ccccc2[nH]1)c1cc(Br)cc(Br)c1. The van der Waals surface area contributed by atoms with Gasteiger partial charge in [0.25, 0.3) is 0 Å². The number of nitrogens with one attached hydrogen (secondary N) is 4. The number of hydrogen-bond acceptors (Lipinski definition) is 4. The van der Waals surface area contributed by atoms with Gasteiger partial charge in [-0.25, -0.2) is 0 Å². The Morgan fingerprint density at radius 2 is 1.78 bits per heavy atom. The topological polar surface area (TPSA) is 68.9 Å². The quantitative estimate of drug-likeness (QED) is 0.159. The van der Waals surface area contributed by atoms with E-state index in [-0.39, 0.29) is 11.5 Å². The summed E-state index contributed by atoms with van der Waals surface area (Å²) in [6, 6.07) is 15.8. The minimum atomic E-state index is 0.0304. The van der Waals surface area contributed by atoms with Crippen molar-refractivity contribution in [1.82, 2.24) is 15.6 Å². The number of aromatic amines is 1. The zero-order valence-electron chi connectivity index (χ0n) is 18.1. The molecule has 0 aliphatic carbocycles. The molecule has 1 aromatic heterocycles. The number of benzene rings is 2. The van der Waals surface area contributed by atoms with Crippen molar-refractivity contribution in [3.8, 4) is 0 Å². The lowest BCUT2D eigenvalue weighted by atomic mass is 10.1. The highest BCUT2D eigenvalue weighted by atomic mass is 79.9. The van der Waals surface area contributed by atoms with Gasteiger partial charge < -0.3 is 20.9 Å². The third kappa shape index (κ3) is 7.59. The van der Waals surface area contributed by atoms with Gasteiger partial charge in [-0.15, -0.1) is 6.58 Å². The predicted octanol–water partition coefficient (Wildman–Crippen LogP) is 5.74. The van der Waals surface area contributed by atoms with Crippen LogP contribution < -0.4 is 21.4 Å². The molecule has 3 aromatic rings. The number of halogens is 2. The number of hydrogen-bond donors (Lipinski definition) is 4. The summed E-state index contributed by atoms with van der Waals surface area (Å²) in [6.45, 7) is 7.23. The van der Waals surface area contributed by atoms with E-state index in [0.717, 1.165) is 65.7 Å². The van der Waals surface area contributed by atoms with Crippen molar-refractivity contribution in [2.45, 2.75) is 25.3 Å². The molecule has 0 fully saturated rings. The van der Waals surface area contributed by atoms with Crippen molar-refractivity contribution < 1.29 is 0 Å². The molecule has 1 heterocycles. The van der Waals surface area contributed by atoms with Crippen LogP contribution in [-0.2, 0) is 0 Å². The second-order valence-corrected chi connectivity index (χ2v) is 9.55. The van der Waals surface area contributed by atoms with Crippen LogP contribution >= 0.6 is 31.9 Å². The summed E-state index contributed by atoms with van der Waals surface area (Å²) in [5.74, 6) is 0.755. The Kier molecular flexibility index (Phi) is 9.99. The summed E-state index contributed by atoms with van der Waals surface area (Å²) in [4.78, 5) is 15.6. The van der Waals surface area contributed by atoms with E-state index >= 15 is 0 Å². The maximum absolute atomic E-state index is 12.3. The van der Waals surface area contributed by atoms with Gasteiger partial charge in [-0.05, 0) is 68.2 Å². The van der Waals surface area contributed by atoms with Crippen molar-refractivity contribution in [2.75, 3.05) is 31.5 Å². The van der Waals surface area contributed by atoms with Crippen LogP contribution in [0.2, 0.25) is 0 Å². The van der Waals surface area contributed by atoms with Crippen LogP contribution in [0, 0.1) is 0 Å². The Hall–Kier alpha value is -1.93. The van der Waals surface area contributed by atoms with Crippen molar-refractivity contribution >= 4 is 48.6 Å². The minimum Gasteiger partial charge on any atom is -0.371 e. The van der Waals surface area contributed by atoms with Gasteiger partial charge in [0, 0.05) is 39.5 Å². The average molecular weight is 562 g/mol. The van der Waals surface area contributed by atoms with Gasteiger partial charge in [0.05, 0.1) is 5.52 Å². The van der Waals surface area contributed by atoms with E-state index in [4.69, 9.17) is 0 Å². The van der Waals surface area contributed by atoms with Gasteiger partial charge in [0.1, 0.15) is 5.82 Å². The van der Waals surface area contributed by atoms with E-state index in [1.807, 2.05) is 36.4 Å². The molecule has 0 bridgehead atoms. The van der Waals surface area contributed by atoms with Crippen LogP contribution in [0.4, 0.5) is 5.82 Å². The first-order chi connectivity index (χ1) is 15.6. The number of allylic oxidation sites excluding steroid dienone is 1. The van der Waals surface area contributed by atoms with Crippen molar-refractivity contribution in [1.29, 1.82) is 0 Å². The molecule has 0 amide bonds. The molecule has 0 radical (unpaired) electrons. The normalized spacial score (nSPS) is 12.1. The highest BCUT2D eigenvalue weighted by Gasteiger charge is 2.12. The number of fused-ring (bicyclic) bond motifs is 1. The molecule has 5 nitrogen and oxygen atoms in total. The molecule has 2 aromatic carbocycles. The lowest BCUT2D eigenvalue weighted by molar-refractivity contribution is 0.484. The maximum atomic E-state index is 12.3. The number of rotatable bonds is 13. The summed E-state index contributed by atoms with van der Waals surface area (Å²) in [7, 11) is 0. The maximum Gasteiger partial charge on any atom is 0.191 e. The molecule has 1 unspecified atom stereocenters. The Morgan fingerprint density at radius 1 is 1.00 bits per heavy atom. The first kappa shape index (κ1) is 24.7. The number of H-pyrrole nitrogens is 1. The van der Waals surface area contributed by atoms with Crippen LogP contribution in [0.5, 0.6) is 0 Å². The number of anilines is 1. The molecule has 0 saturated carbocycles. The van der Waals surface area contributed by atoms with E-state index in [1.165, 1.54) is 5.56 Å². The number of aromatic nitrogens is 1. The molecule has 1 atom stereocenters. The van der Waals surface area contributed by atoms with E-state index < -0.39 is 0 Å². The summed E-state index contributed by atoms with van der Waals surface area (Å²) >= 11 is 7.19. The van der Waals surface area contributed by atoms with Crippen molar-refractivity contribution in [3.63, 3.8) is 0 Å². The van der Waals surface area contributed by atoms with Crippen LogP contribution in [0.3, 0.4) is 0 Å². The van der Waals surface area contributed by atoms with Crippen molar-refractivity contribution in [2.24, 2.45) is 0 Å². The van der Waals surface area contributed by atoms with Gasteiger partial charge in [0.2, 0.25) is 0 Å². The van der Waals surface area contributed by atoms with Crippen LogP contribution in [0.25, 0.3) is 10.9 Å². The highest BCUT2D eigenvalue weighted by molar-refractivity contribution is 9.11. The molecule has 0 spiro atoms. The highest BCUT2D eigenvalue weighted by Crippen LogP contribution is 2.24. The Balaban J connectivity index is 1.52. The summed E-state index contributed by atoms with van der Waals surface area (Å²) in [6.07, 6.45) is 5.00. The van der Waals surface area contributed by atoms with Gasteiger partial charge in [-0.2, -0.15) is 0 Å². The monoisotopic (exact) mass is 560 g/mol. The number of pyridine rings is 1. The number of para-hydroxylation sites is 1. The molecular formula is C25H30Br2N4O. The smallest absolute Gasteiger partial charge is 0.191 e. The lowest BCUT2D eigenvalue weighted by Gasteiger charge is -2.21. The molecule has 7 heteroatoms. The molecule has 0 saturated heterocycles. The second kappa shape index (κ2) is 12.9. The van der Waals surface area contributed by atoms with Crippen molar-refractivity contribution in [3.05, 3.63) is 85.9 Å². The predicted molar refractivity (Wildman–Crippen MR) is 143 cm³/mol. The first-order valence-corrected chi connectivity index (χ1v) is 12.5. The van der Waals surface area contributed by atoms with E-state index in [1.54, 1.807) is 6.07 Å². The fraction of sp³-hybridized carbons (Fsp3) is 0.320. The van der Waals surface area contributed by atoms with Gasteiger partial charge in [0.15, 0.2) is 5.43 Å². The molecule has 32 heavy (non-hydrogen) atoms. The molecule has 170 valence electrons. The zero-order valence-corrected chi connectivity index (χ0v) is 21.3. The Morgan fingerprint density at radius 3 is 2.56 bits per heavy atom. The fourth-order valence-electron chi connectivity index (χ4n) is 3.58. The summed E-state index contributed by atoms with van der Waals surface area (Å²) in [5.41, 5.74) is 2.11. The zero-order chi connectivity index (χ0) is 22.8. The molecule has 3 rings (SSSR count). The molecular weight excluding hydrogens is 532 g/mol.